The van der Waals surface area contributed by atoms with Gasteiger partial charge < -0.3 is 0 Å². The first kappa shape index (κ1) is 13.7. The normalized spacial score (nSPS) is 20.1. The summed E-state index contributed by atoms with van der Waals surface area (Å²) in [4.78, 5) is 3.89. The molecule has 1 N–H and O–H groups in total. The smallest absolute Gasteiger partial charge is 0.0490 e. The summed E-state index contributed by atoms with van der Waals surface area (Å²) in [6, 6.07) is 11.1. The van der Waals surface area contributed by atoms with E-state index in [1.54, 1.807) is 11.8 Å². The van der Waals surface area contributed by atoms with Crippen LogP contribution in [0.15, 0.2) is 41.4 Å². The minimum Gasteiger partial charge on any atom is -0.298 e. The zero-order valence-corrected chi connectivity index (χ0v) is 12.7. The van der Waals surface area contributed by atoms with Crippen LogP contribution in [0.1, 0.15) is 30.0 Å². The van der Waals surface area contributed by atoms with Gasteiger partial charge >= 0.3 is 0 Å². The molecular formula is C16H21N3S. The fraction of sp³-hybridized carbons (Fsp3) is 0.438. The topological polar surface area (TPSA) is 31.9 Å². The quantitative estimate of drug-likeness (QED) is 0.873. The Morgan fingerprint density at radius 1 is 1.30 bits per heavy atom. The number of thioether (sulfide) groups is 1. The Bertz CT molecular complexity index is 521. The maximum atomic E-state index is 4.08. The Hall–Kier alpha value is -1.26. The highest BCUT2D eigenvalue weighted by atomic mass is 32.2. The first-order valence-electron chi connectivity index (χ1n) is 7.19. The van der Waals surface area contributed by atoms with E-state index in [1.807, 2.05) is 6.20 Å². The van der Waals surface area contributed by atoms with Crippen LogP contribution in [0.5, 0.6) is 0 Å². The Balaban J connectivity index is 1.62. The number of rotatable bonds is 4. The SMILES string of the molecule is CSc1ccc(CN2CCC[C@@H](c3ccn[nH]3)C2)cc1. The molecule has 0 amide bonds. The molecule has 3 rings (SSSR count). The number of hydrogen-bond acceptors (Lipinski definition) is 3. The molecule has 2 heterocycles. The third-order valence-corrected chi connectivity index (χ3v) is 4.78. The molecule has 0 saturated carbocycles. The van der Waals surface area contributed by atoms with Crippen LogP contribution in [0.25, 0.3) is 0 Å². The van der Waals surface area contributed by atoms with Crippen LogP contribution in [0.4, 0.5) is 0 Å². The van der Waals surface area contributed by atoms with Crippen LogP contribution in [0.3, 0.4) is 0 Å². The maximum Gasteiger partial charge on any atom is 0.0490 e. The van der Waals surface area contributed by atoms with Crippen molar-refractivity contribution >= 4 is 11.8 Å². The zero-order valence-electron chi connectivity index (χ0n) is 11.9. The number of piperidine rings is 1. The molecule has 106 valence electrons. The van der Waals surface area contributed by atoms with Crippen molar-refractivity contribution in [2.45, 2.75) is 30.2 Å². The summed E-state index contributed by atoms with van der Waals surface area (Å²) >= 11 is 1.80. The minimum absolute atomic E-state index is 0.608. The van der Waals surface area contributed by atoms with E-state index in [1.165, 1.54) is 35.5 Å². The van der Waals surface area contributed by atoms with Crippen molar-refractivity contribution in [2.24, 2.45) is 0 Å². The van der Waals surface area contributed by atoms with E-state index in [0.717, 1.165) is 13.1 Å². The molecule has 0 unspecified atom stereocenters. The number of hydrogen-bond donors (Lipinski definition) is 1. The molecule has 0 spiro atoms. The summed E-state index contributed by atoms with van der Waals surface area (Å²) in [5.41, 5.74) is 2.69. The molecule has 1 atom stereocenters. The molecule has 1 aromatic heterocycles. The first-order chi connectivity index (χ1) is 9.85. The van der Waals surface area contributed by atoms with Crippen LogP contribution in [0, 0.1) is 0 Å². The number of likely N-dealkylation sites (tertiary alicyclic amines) is 1. The van der Waals surface area contributed by atoms with Gasteiger partial charge in [0.25, 0.3) is 0 Å². The van der Waals surface area contributed by atoms with E-state index < -0.39 is 0 Å². The van der Waals surface area contributed by atoms with Gasteiger partial charge in [0.2, 0.25) is 0 Å². The van der Waals surface area contributed by atoms with Gasteiger partial charge in [-0.05, 0) is 49.4 Å². The van der Waals surface area contributed by atoms with Crippen LogP contribution in [0.2, 0.25) is 0 Å². The van der Waals surface area contributed by atoms with Crippen LogP contribution < -0.4 is 0 Å². The van der Waals surface area contributed by atoms with Crippen molar-refractivity contribution in [3.63, 3.8) is 0 Å². The van der Waals surface area contributed by atoms with Crippen LogP contribution >= 0.6 is 11.8 Å². The fourth-order valence-electron chi connectivity index (χ4n) is 2.94. The molecule has 1 saturated heterocycles. The van der Waals surface area contributed by atoms with Gasteiger partial charge in [-0.3, -0.25) is 10.00 Å². The van der Waals surface area contributed by atoms with Crippen molar-refractivity contribution in [2.75, 3.05) is 19.3 Å². The van der Waals surface area contributed by atoms with Gasteiger partial charge in [-0.1, -0.05) is 12.1 Å². The predicted octanol–water partition coefficient (Wildman–Crippen LogP) is 3.51. The fourth-order valence-corrected chi connectivity index (χ4v) is 3.34. The molecule has 1 aromatic carbocycles. The highest BCUT2D eigenvalue weighted by molar-refractivity contribution is 7.98. The lowest BCUT2D eigenvalue weighted by molar-refractivity contribution is 0.198. The first-order valence-corrected chi connectivity index (χ1v) is 8.42. The molecular weight excluding hydrogens is 266 g/mol. The van der Waals surface area contributed by atoms with E-state index in [4.69, 9.17) is 0 Å². The highest BCUT2D eigenvalue weighted by Crippen LogP contribution is 2.26. The largest absolute Gasteiger partial charge is 0.298 e. The monoisotopic (exact) mass is 287 g/mol. The van der Waals surface area contributed by atoms with Gasteiger partial charge in [0.05, 0.1) is 0 Å². The van der Waals surface area contributed by atoms with E-state index in [0.29, 0.717) is 5.92 Å². The van der Waals surface area contributed by atoms with Gasteiger partial charge in [0.15, 0.2) is 0 Å². The number of benzene rings is 1. The summed E-state index contributed by atoms with van der Waals surface area (Å²) in [7, 11) is 0. The average Bonchev–Trinajstić information content (AvgIpc) is 3.03. The molecule has 2 aromatic rings. The molecule has 20 heavy (non-hydrogen) atoms. The van der Waals surface area contributed by atoms with Crippen LogP contribution in [-0.2, 0) is 6.54 Å². The van der Waals surface area contributed by atoms with Crippen molar-refractivity contribution in [3.8, 4) is 0 Å². The van der Waals surface area contributed by atoms with E-state index in [-0.39, 0.29) is 0 Å². The highest BCUT2D eigenvalue weighted by Gasteiger charge is 2.22. The summed E-state index contributed by atoms with van der Waals surface area (Å²) in [6.45, 7) is 3.39. The second-order valence-electron chi connectivity index (χ2n) is 5.43. The van der Waals surface area contributed by atoms with E-state index in [9.17, 15) is 0 Å². The Labute approximate surface area is 124 Å². The van der Waals surface area contributed by atoms with Gasteiger partial charge in [-0.25, -0.2) is 0 Å². The predicted molar refractivity (Wildman–Crippen MR) is 84.1 cm³/mol. The van der Waals surface area contributed by atoms with E-state index in [2.05, 4.69) is 51.7 Å². The Morgan fingerprint density at radius 3 is 2.85 bits per heavy atom. The zero-order chi connectivity index (χ0) is 13.8. The van der Waals surface area contributed by atoms with Gasteiger partial charge in [-0.15, -0.1) is 11.8 Å². The summed E-state index contributed by atoms with van der Waals surface area (Å²) < 4.78 is 0. The summed E-state index contributed by atoms with van der Waals surface area (Å²) in [6.07, 6.45) is 6.51. The Kier molecular flexibility index (Phi) is 4.43. The number of H-pyrrole nitrogens is 1. The summed E-state index contributed by atoms with van der Waals surface area (Å²) in [5.74, 6) is 0.608. The second kappa shape index (κ2) is 6.46. The average molecular weight is 287 g/mol. The van der Waals surface area contributed by atoms with Crippen molar-refractivity contribution in [3.05, 3.63) is 47.8 Å². The Morgan fingerprint density at radius 2 is 2.15 bits per heavy atom. The molecule has 0 bridgehead atoms. The molecule has 1 aliphatic rings. The number of nitrogens with one attached hydrogen (secondary N) is 1. The van der Waals surface area contributed by atoms with Crippen molar-refractivity contribution in [1.29, 1.82) is 0 Å². The number of aromatic nitrogens is 2. The summed E-state index contributed by atoms with van der Waals surface area (Å²) in [5, 5.41) is 7.21. The maximum absolute atomic E-state index is 4.08. The molecule has 0 radical (unpaired) electrons. The van der Waals surface area contributed by atoms with Crippen molar-refractivity contribution < 1.29 is 0 Å². The van der Waals surface area contributed by atoms with Crippen molar-refractivity contribution in [1.82, 2.24) is 15.1 Å². The number of aromatic amines is 1. The van der Waals surface area contributed by atoms with Gasteiger partial charge in [0, 0.05) is 35.8 Å². The molecule has 1 fully saturated rings. The second-order valence-corrected chi connectivity index (χ2v) is 6.31. The van der Waals surface area contributed by atoms with Gasteiger partial charge in [-0.2, -0.15) is 5.10 Å². The van der Waals surface area contributed by atoms with Gasteiger partial charge in [0.1, 0.15) is 0 Å². The molecule has 1 aliphatic heterocycles. The lowest BCUT2D eigenvalue weighted by atomic mass is 9.94. The molecule has 3 nitrogen and oxygen atoms in total. The minimum atomic E-state index is 0.608. The molecule has 0 aliphatic carbocycles. The number of nitrogens with zero attached hydrogens (tertiary/aromatic N) is 2. The lowest BCUT2D eigenvalue weighted by Gasteiger charge is -2.32. The third-order valence-electron chi connectivity index (χ3n) is 4.03. The standard InChI is InChI=1S/C16H21N3S/c1-20-15-6-4-13(5-7-15)11-19-10-2-3-14(12-19)16-8-9-17-18-16/h4-9,14H,2-3,10-12H2,1H3,(H,17,18)/t14-/m1/s1. The van der Waals surface area contributed by atoms with E-state index >= 15 is 0 Å². The lowest BCUT2D eigenvalue weighted by Crippen LogP contribution is -2.34. The van der Waals surface area contributed by atoms with Crippen LogP contribution in [-0.4, -0.2) is 34.4 Å². The molecule has 4 heteroatoms. The third kappa shape index (κ3) is 3.25.